The van der Waals surface area contributed by atoms with E-state index >= 15 is 0 Å². The highest BCUT2D eigenvalue weighted by Crippen LogP contribution is 2.28. The van der Waals surface area contributed by atoms with Crippen molar-refractivity contribution in [3.63, 3.8) is 0 Å². The SMILES string of the molecule is COc1ccc(NS(=O)(=O)c2ccc(OCC(=O)NCc3ccccc3OC)cc2)cc1Cl. The number of hydrogen-bond acceptors (Lipinski definition) is 6. The van der Waals surface area contributed by atoms with E-state index in [2.05, 4.69) is 10.0 Å². The molecule has 1 amide bonds. The minimum atomic E-state index is -3.84. The maximum absolute atomic E-state index is 12.6. The van der Waals surface area contributed by atoms with Crippen molar-refractivity contribution in [3.05, 3.63) is 77.3 Å². The molecule has 0 unspecified atom stereocenters. The third-order valence-electron chi connectivity index (χ3n) is 4.58. The van der Waals surface area contributed by atoms with Gasteiger partial charge in [0.25, 0.3) is 15.9 Å². The number of halogens is 1. The summed E-state index contributed by atoms with van der Waals surface area (Å²) in [6, 6.07) is 17.7. The van der Waals surface area contributed by atoms with Crippen LogP contribution in [0, 0.1) is 0 Å². The van der Waals surface area contributed by atoms with E-state index in [-0.39, 0.29) is 22.4 Å². The summed E-state index contributed by atoms with van der Waals surface area (Å²) < 4.78 is 43.4. The summed E-state index contributed by atoms with van der Waals surface area (Å²) in [5, 5.41) is 3.03. The summed E-state index contributed by atoms with van der Waals surface area (Å²) >= 11 is 6.04. The van der Waals surface area contributed by atoms with E-state index in [0.717, 1.165) is 5.56 Å². The van der Waals surface area contributed by atoms with Crippen LogP contribution in [-0.4, -0.2) is 35.2 Å². The van der Waals surface area contributed by atoms with Crippen molar-refractivity contribution in [2.75, 3.05) is 25.5 Å². The molecule has 174 valence electrons. The Kier molecular flexibility index (Phi) is 8.02. The number of nitrogens with one attached hydrogen (secondary N) is 2. The number of amides is 1. The van der Waals surface area contributed by atoms with Gasteiger partial charge in [-0.1, -0.05) is 29.8 Å². The summed E-state index contributed by atoms with van der Waals surface area (Å²) in [5.74, 6) is 1.15. The molecule has 0 aliphatic heterocycles. The van der Waals surface area contributed by atoms with E-state index < -0.39 is 10.0 Å². The number of anilines is 1. The third-order valence-corrected chi connectivity index (χ3v) is 6.27. The number of ether oxygens (including phenoxy) is 3. The molecule has 33 heavy (non-hydrogen) atoms. The molecule has 0 aliphatic carbocycles. The largest absolute Gasteiger partial charge is 0.496 e. The standard InChI is InChI=1S/C23H23ClN2O6S/c1-30-21-6-4-3-5-16(21)14-25-23(27)15-32-18-8-10-19(11-9-18)33(28,29)26-17-7-12-22(31-2)20(24)13-17/h3-13,26H,14-15H2,1-2H3,(H,25,27). The first-order chi connectivity index (χ1) is 15.8. The van der Waals surface area contributed by atoms with Crippen LogP contribution in [0.3, 0.4) is 0 Å². The van der Waals surface area contributed by atoms with Crippen LogP contribution < -0.4 is 24.2 Å². The lowest BCUT2D eigenvalue weighted by Crippen LogP contribution is -2.28. The molecule has 3 rings (SSSR count). The van der Waals surface area contributed by atoms with Crippen molar-refractivity contribution in [1.82, 2.24) is 5.32 Å². The molecule has 0 heterocycles. The summed E-state index contributed by atoms with van der Waals surface area (Å²) in [5.41, 5.74) is 1.14. The number of methoxy groups -OCH3 is 2. The van der Waals surface area contributed by atoms with E-state index in [0.29, 0.717) is 29.5 Å². The van der Waals surface area contributed by atoms with Gasteiger partial charge < -0.3 is 19.5 Å². The topological polar surface area (TPSA) is 103 Å². The average Bonchev–Trinajstić information content (AvgIpc) is 2.81. The number of rotatable bonds is 10. The van der Waals surface area contributed by atoms with Crippen LogP contribution in [0.5, 0.6) is 17.2 Å². The van der Waals surface area contributed by atoms with Crippen molar-refractivity contribution in [3.8, 4) is 17.2 Å². The Morgan fingerprint density at radius 1 is 0.939 bits per heavy atom. The van der Waals surface area contributed by atoms with E-state index in [4.69, 9.17) is 25.8 Å². The van der Waals surface area contributed by atoms with E-state index in [1.807, 2.05) is 24.3 Å². The third kappa shape index (κ3) is 6.53. The Morgan fingerprint density at radius 2 is 1.64 bits per heavy atom. The zero-order valence-electron chi connectivity index (χ0n) is 18.0. The fraction of sp³-hybridized carbons (Fsp3) is 0.174. The molecule has 0 aliphatic rings. The zero-order chi connectivity index (χ0) is 23.8. The van der Waals surface area contributed by atoms with Crippen LogP contribution in [0.15, 0.2) is 71.6 Å². The predicted molar refractivity (Wildman–Crippen MR) is 126 cm³/mol. The number of sulfonamides is 1. The lowest BCUT2D eigenvalue weighted by Gasteiger charge is -2.12. The second-order valence-corrected chi connectivity index (χ2v) is 8.89. The van der Waals surface area contributed by atoms with Crippen molar-refractivity contribution in [1.29, 1.82) is 0 Å². The lowest BCUT2D eigenvalue weighted by atomic mass is 10.2. The van der Waals surface area contributed by atoms with E-state index in [9.17, 15) is 13.2 Å². The average molecular weight is 491 g/mol. The molecule has 0 spiro atoms. The minimum absolute atomic E-state index is 0.0300. The van der Waals surface area contributed by atoms with Crippen LogP contribution in [0.4, 0.5) is 5.69 Å². The van der Waals surface area contributed by atoms with E-state index in [1.165, 1.54) is 37.4 Å². The Hall–Kier alpha value is -3.43. The molecule has 0 saturated heterocycles. The van der Waals surface area contributed by atoms with Gasteiger partial charge in [-0.2, -0.15) is 0 Å². The highest BCUT2D eigenvalue weighted by atomic mass is 35.5. The monoisotopic (exact) mass is 490 g/mol. The normalized spacial score (nSPS) is 10.9. The molecule has 0 radical (unpaired) electrons. The number of para-hydroxylation sites is 1. The van der Waals surface area contributed by atoms with Crippen LogP contribution in [0.1, 0.15) is 5.56 Å². The highest BCUT2D eigenvalue weighted by molar-refractivity contribution is 7.92. The molecule has 0 aromatic heterocycles. The molecule has 0 saturated carbocycles. The van der Waals surface area contributed by atoms with Crippen LogP contribution >= 0.6 is 11.6 Å². The number of benzene rings is 3. The Labute approximate surface area is 197 Å². The predicted octanol–water partition coefficient (Wildman–Crippen LogP) is 3.85. The van der Waals surface area contributed by atoms with Gasteiger partial charge in [-0.25, -0.2) is 8.42 Å². The van der Waals surface area contributed by atoms with Crippen molar-refractivity contribution < 1.29 is 27.4 Å². The lowest BCUT2D eigenvalue weighted by molar-refractivity contribution is -0.123. The summed E-state index contributed by atoms with van der Waals surface area (Å²) in [4.78, 5) is 12.1. The van der Waals surface area contributed by atoms with Gasteiger partial charge in [0.2, 0.25) is 0 Å². The number of carbonyl (C=O) groups is 1. The molecule has 0 bridgehead atoms. The minimum Gasteiger partial charge on any atom is -0.496 e. The molecule has 3 aromatic rings. The quantitative estimate of drug-likeness (QED) is 0.447. The molecule has 2 N–H and O–H groups in total. The number of carbonyl (C=O) groups excluding carboxylic acids is 1. The van der Waals surface area contributed by atoms with Gasteiger partial charge in [0.05, 0.1) is 29.8 Å². The second-order valence-electron chi connectivity index (χ2n) is 6.80. The molecule has 0 fully saturated rings. The van der Waals surface area contributed by atoms with Gasteiger partial charge in [-0.05, 0) is 48.5 Å². The second kappa shape index (κ2) is 10.9. The van der Waals surface area contributed by atoms with Gasteiger partial charge in [0, 0.05) is 12.1 Å². The molecular formula is C23H23ClN2O6S. The molecule has 3 aromatic carbocycles. The van der Waals surface area contributed by atoms with Crippen LogP contribution in [-0.2, 0) is 21.4 Å². The van der Waals surface area contributed by atoms with Crippen molar-refractivity contribution in [2.24, 2.45) is 0 Å². The highest BCUT2D eigenvalue weighted by Gasteiger charge is 2.15. The van der Waals surface area contributed by atoms with Crippen molar-refractivity contribution >= 4 is 33.2 Å². The maximum Gasteiger partial charge on any atom is 0.261 e. The Balaban J connectivity index is 1.55. The summed E-state index contributed by atoms with van der Waals surface area (Å²) in [6.07, 6.45) is 0. The van der Waals surface area contributed by atoms with Crippen molar-refractivity contribution in [2.45, 2.75) is 11.4 Å². The van der Waals surface area contributed by atoms with Crippen LogP contribution in [0.25, 0.3) is 0 Å². The van der Waals surface area contributed by atoms with Gasteiger partial charge in [0.1, 0.15) is 17.2 Å². The Bertz CT molecular complexity index is 1220. The van der Waals surface area contributed by atoms with Gasteiger partial charge in [-0.15, -0.1) is 0 Å². The molecular weight excluding hydrogens is 468 g/mol. The molecule has 8 nitrogen and oxygen atoms in total. The first-order valence-electron chi connectivity index (χ1n) is 9.80. The first-order valence-corrected chi connectivity index (χ1v) is 11.7. The zero-order valence-corrected chi connectivity index (χ0v) is 19.6. The molecule has 0 atom stereocenters. The summed E-state index contributed by atoms with van der Waals surface area (Å²) in [6.45, 7) is 0.0777. The smallest absolute Gasteiger partial charge is 0.261 e. The fourth-order valence-electron chi connectivity index (χ4n) is 2.90. The molecule has 10 heteroatoms. The van der Waals surface area contributed by atoms with E-state index in [1.54, 1.807) is 19.2 Å². The summed E-state index contributed by atoms with van der Waals surface area (Å²) in [7, 11) is -0.804. The number of hydrogen-bond donors (Lipinski definition) is 2. The van der Waals surface area contributed by atoms with Crippen LogP contribution in [0.2, 0.25) is 5.02 Å². The first kappa shape index (κ1) is 24.2. The fourth-order valence-corrected chi connectivity index (χ4v) is 4.21. The Morgan fingerprint density at radius 3 is 2.30 bits per heavy atom. The van der Waals surface area contributed by atoms with Gasteiger partial charge in [0.15, 0.2) is 6.61 Å². The van der Waals surface area contributed by atoms with Gasteiger partial charge in [-0.3, -0.25) is 9.52 Å². The van der Waals surface area contributed by atoms with Gasteiger partial charge >= 0.3 is 0 Å². The maximum atomic E-state index is 12.6.